The Labute approximate surface area is 407 Å². The number of rotatable bonds is 5. The Bertz CT molecular complexity index is 4090. The molecule has 0 aliphatic heterocycles. The lowest BCUT2D eigenvalue weighted by molar-refractivity contribution is 0.660. The molecule has 0 fully saturated rings. The van der Waals surface area contributed by atoms with Crippen LogP contribution in [0, 0.1) is 0 Å². The quantitative estimate of drug-likeness (QED) is 0.171. The third-order valence-corrected chi connectivity index (χ3v) is 16.1. The molecule has 0 atom stereocenters. The summed E-state index contributed by atoms with van der Waals surface area (Å²) < 4.78 is 7.26. The summed E-state index contributed by atoms with van der Waals surface area (Å²) >= 11 is 0. The van der Waals surface area contributed by atoms with E-state index in [-0.39, 0.29) is 5.41 Å². The number of benzene rings is 11. The van der Waals surface area contributed by atoms with Gasteiger partial charge in [0.1, 0.15) is 11.2 Å². The number of furan rings is 1. The Morgan fingerprint density at radius 2 is 0.829 bits per heavy atom. The fraction of sp³-hybridized carbons (Fsp3) is 0.0588. The Morgan fingerprint density at radius 3 is 1.53 bits per heavy atom. The number of anilines is 3. The minimum atomic E-state index is -0.464. The normalized spacial score (nSPS) is 14.1. The average molecular weight is 892 g/mol. The predicted octanol–water partition coefficient (Wildman–Crippen LogP) is 18.2. The molecule has 0 amide bonds. The van der Waals surface area contributed by atoms with Gasteiger partial charge < -0.3 is 9.32 Å². The number of hydrogen-bond donors (Lipinski definition) is 0. The van der Waals surface area contributed by atoms with Crippen molar-refractivity contribution in [3.8, 4) is 55.6 Å². The lowest BCUT2D eigenvalue weighted by Crippen LogP contribution is -2.26. The molecule has 12 aromatic rings. The summed E-state index contributed by atoms with van der Waals surface area (Å²) in [5.74, 6) is 0. The van der Waals surface area contributed by atoms with Gasteiger partial charge in [0, 0.05) is 44.9 Å². The van der Waals surface area contributed by atoms with E-state index in [1.54, 1.807) is 0 Å². The van der Waals surface area contributed by atoms with Crippen LogP contribution in [0.3, 0.4) is 0 Å². The van der Waals surface area contributed by atoms with Crippen molar-refractivity contribution in [1.29, 1.82) is 0 Å². The van der Waals surface area contributed by atoms with E-state index in [0.29, 0.717) is 0 Å². The van der Waals surface area contributed by atoms with Crippen molar-refractivity contribution in [2.75, 3.05) is 4.90 Å². The number of fused-ring (bicyclic) bond motifs is 17. The molecule has 0 saturated carbocycles. The molecule has 11 aromatic carbocycles. The monoisotopic (exact) mass is 891 g/mol. The van der Waals surface area contributed by atoms with Crippen molar-refractivity contribution in [2.45, 2.75) is 24.7 Å². The van der Waals surface area contributed by atoms with Crippen molar-refractivity contribution >= 4 is 49.8 Å². The van der Waals surface area contributed by atoms with E-state index in [1.165, 1.54) is 94.2 Å². The van der Waals surface area contributed by atoms with Crippen LogP contribution in [-0.4, -0.2) is 0 Å². The molecule has 3 aliphatic carbocycles. The van der Waals surface area contributed by atoms with Crippen LogP contribution in [-0.2, 0) is 10.8 Å². The standard InChI is InChI=1S/C68H45NO/c1-67(2)58-24-12-8-20-50(58)54-35-30-45(39-62(54)67)65-49-19-7-6-18-44(49)38-57-56-37-34-48(41-64(56)70-66(57)65)69(46-31-28-43(29-32-46)42-16-4-3-5-17-42)47-33-36-55-53-23-11-15-27-61(53)68(63(55)40-47)59-25-13-9-21-51(59)52-22-10-14-26-60(52)68/h3-41H,1-2H3. The third-order valence-electron chi connectivity index (χ3n) is 16.1. The zero-order valence-corrected chi connectivity index (χ0v) is 38.9. The van der Waals surface area contributed by atoms with Crippen molar-refractivity contribution in [3.05, 3.63) is 270 Å². The summed E-state index contributed by atoms with van der Waals surface area (Å²) in [6.45, 7) is 4.71. The van der Waals surface area contributed by atoms with E-state index < -0.39 is 5.41 Å². The lowest BCUT2D eigenvalue weighted by Gasteiger charge is -2.32. The van der Waals surface area contributed by atoms with E-state index in [0.717, 1.165) is 44.6 Å². The van der Waals surface area contributed by atoms with E-state index >= 15 is 0 Å². The van der Waals surface area contributed by atoms with E-state index in [2.05, 4.69) is 255 Å². The molecule has 1 aromatic heterocycles. The van der Waals surface area contributed by atoms with Gasteiger partial charge in [-0.1, -0.05) is 196 Å². The van der Waals surface area contributed by atoms with Gasteiger partial charge in [-0.05, 0) is 143 Å². The molecule has 328 valence electrons. The summed E-state index contributed by atoms with van der Waals surface area (Å²) in [6, 6.07) is 87.8. The molecular weight excluding hydrogens is 847 g/mol. The maximum absolute atomic E-state index is 7.26. The zero-order chi connectivity index (χ0) is 46.3. The molecule has 0 unspecified atom stereocenters. The van der Waals surface area contributed by atoms with Gasteiger partial charge in [-0.15, -0.1) is 0 Å². The molecule has 0 bridgehead atoms. The number of nitrogens with zero attached hydrogens (tertiary/aromatic N) is 1. The SMILES string of the molecule is CC1(C)c2ccccc2-c2ccc(-c3c4ccccc4cc4c3oc3cc(N(c5ccc(-c6ccccc6)cc5)c5ccc6c(c5)C5(c7ccccc7-c7ccccc75)c5ccccc5-6)ccc34)cc21. The van der Waals surface area contributed by atoms with Gasteiger partial charge in [0.15, 0.2) is 0 Å². The van der Waals surface area contributed by atoms with Crippen molar-refractivity contribution in [1.82, 2.24) is 0 Å². The summed E-state index contributed by atoms with van der Waals surface area (Å²) in [5, 5.41) is 4.60. The smallest absolute Gasteiger partial charge is 0.143 e. The Hall–Kier alpha value is -8.72. The van der Waals surface area contributed by atoms with Gasteiger partial charge in [0.05, 0.1) is 5.41 Å². The van der Waals surface area contributed by atoms with Gasteiger partial charge in [0.25, 0.3) is 0 Å². The highest BCUT2D eigenvalue weighted by molar-refractivity contribution is 6.19. The second-order valence-electron chi connectivity index (χ2n) is 19.9. The molecule has 0 radical (unpaired) electrons. The first-order valence-corrected chi connectivity index (χ1v) is 24.5. The van der Waals surface area contributed by atoms with E-state index in [4.69, 9.17) is 4.42 Å². The summed E-state index contributed by atoms with van der Waals surface area (Å²) in [6.07, 6.45) is 0. The van der Waals surface area contributed by atoms with Crippen LogP contribution in [0.5, 0.6) is 0 Å². The molecule has 15 rings (SSSR count). The van der Waals surface area contributed by atoms with E-state index in [9.17, 15) is 0 Å². The summed E-state index contributed by atoms with van der Waals surface area (Å²) in [5.41, 5.74) is 24.9. The molecule has 1 spiro atoms. The first-order valence-electron chi connectivity index (χ1n) is 24.5. The maximum atomic E-state index is 7.26. The van der Waals surface area contributed by atoms with Gasteiger partial charge >= 0.3 is 0 Å². The lowest BCUT2D eigenvalue weighted by atomic mass is 9.70. The first-order chi connectivity index (χ1) is 34.5. The van der Waals surface area contributed by atoms with Crippen molar-refractivity contribution in [2.24, 2.45) is 0 Å². The average Bonchev–Trinajstić information content (AvgIpc) is 4.10. The van der Waals surface area contributed by atoms with Crippen LogP contribution in [0.25, 0.3) is 88.3 Å². The third kappa shape index (κ3) is 5.28. The molecule has 2 nitrogen and oxygen atoms in total. The van der Waals surface area contributed by atoms with Crippen molar-refractivity contribution in [3.63, 3.8) is 0 Å². The van der Waals surface area contributed by atoms with Crippen LogP contribution < -0.4 is 4.90 Å². The molecule has 70 heavy (non-hydrogen) atoms. The van der Waals surface area contributed by atoms with Gasteiger partial charge in [-0.2, -0.15) is 0 Å². The predicted molar refractivity (Wildman–Crippen MR) is 291 cm³/mol. The molecule has 3 aliphatic rings. The first kappa shape index (κ1) is 39.3. The van der Waals surface area contributed by atoms with Crippen molar-refractivity contribution < 1.29 is 4.42 Å². The highest BCUT2D eigenvalue weighted by atomic mass is 16.3. The fourth-order valence-electron chi connectivity index (χ4n) is 13.0. The summed E-state index contributed by atoms with van der Waals surface area (Å²) in [7, 11) is 0. The van der Waals surface area contributed by atoms with Crippen LogP contribution in [0.15, 0.2) is 241 Å². The van der Waals surface area contributed by atoms with Crippen LogP contribution in [0.1, 0.15) is 47.2 Å². The largest absolute Gasteiger partial charge is 0.455 e. The number of hydrogen-bond acceptors (Lipinski definition) is 2. The maximum Gasteiger partial charge on any atom is 0.143 e. The second kappa shape index (κ2) is 14.4. The Morgan fingerprint density at radius 1 is 0.329 bits per heavy atom. The molecule has 0 saturated heterocycles. The van der Waals surface area contributed by atoms with E-state index in [1.807, 2.05) is 0 Å². The summed E-state index contributed by atoms with van der Waals surface area (Å²) in [4.78, 5) is 2.42. The van der Waals surface area contributed by atoms with Crippen LogP contribution >= 0.6 is 0 Å². The molecule has 2 heteroatoms. The molecule has 0 N–H and O–H groups in total. The highest BCUT2D eigenvalue weighted by Gasteiger charge is 2.51. The zero-order valence-electron chi connectivity index (χ0n) is 38.9. The minimum absolute atomic E-state index is 0.123. The van der Waals surface area contributed by atoms with Gasteiger partial charge in [-0.3, -0.25) is 0 Å². The highest BCUT2D eigenvalue weighted by Crippen LogP contribution is 2.63. The molecule has 1 heterocycles. The second-order valence-corrected chi connectivity index (χ2v) is 19.9. The molecular formula is C68H45NO. The van der Waals surface area contributed by atoms with Crippen LogP contribution in [0.2, 0.25) is 0 Å². The minimum Gasteiger partial charge on any atom is -0.455 e. The fourth-order valence-corrected chi connectivity index (χ4v) is 13.0. The van der Waals surface area contributed by atoms with Gasteiger partial charge in [0.2, 0.25) is 0 Å². The Balaban J connectivity index is 0.944. The Kier molecular flexibility index (Phi) is 8.08. The topological polar surface area (TPSA) is 16.4 Å². The van der Waals surface area contributed by atoms with Gasteiger partial charge in [-0.25, -0.2) is 0 Å². The van der Waals surface area contributed by atoms with Crippen LogP contribution in [0.4, 0.5) is 17.1 Å².